The highest BCUT2D eigenvalue weighted by atomic mass is 32.2. The Bertz CT molecular complexity index is 1280. The van der Waals surface area contributed by atoms with Crippen LogP contribution in [0, 0.1) is 13.8 Å². The number of nitrogens with one attached hydrogen (secondary N) is 1. The van der Waals surface area contributed by atoms with E-state index in [0.29, 0.717) is 34.1 Å². The van der Waals surface area contributed by atoms with Crippen LogP contribution in [0.4, 0.5) is 5.69 Å². The third-order valence-electron chi connectivity index (χ3n) is 5.59. The summed E-state index contributed by atoms with van der Waals surface area (Å²) in [5.41, 5.74) is 2.71. The third kappa shape index (κ3) is 5.00. The number of nitrogens with zero attached hydrogens (tertiary/aromatic N) is 2. The maximum Gasteiger partial charge on any atom is 0.265 e. The van der Waals surface area contributed by atoms with Crippen molar-refractivity contribution in [2.24, 2.45) is 0 Å². The fraction of sp³-hybridized carbons (Fsp3) is 0.250. The van der Waals surface area contributed by atoms with Crippen molar-refractivity contribution in [3.63, 3.8) is 0 Å². The zero-order valence-electron chi connectivity index (χ0n) is 18.4. The van der Waals surface area contributed by atoms with E-state index in [0.717, 1.165) is 11.1 Å². The molecule has 1 saturated heterocycles. The molecule has 0 bridgehead atoms. The number of hydrogen-bond donors (Lipinski definition) is 1. The summed E-state index contributed by atoms with van der Waals surface area (Å²) >= 11 is 1.34. The van der Waals surface area contributed by atoms with Crippen LogP contribution in [-0.4, -0.2) is 55.6 Å². The molecule has 172 valence electrons. The number of thiophene rings is 1. The van der Waals surface area contributed by atoms with Gasteiger partial charge in [0.05, 0.1) is 9.77 Å². The maximum absolute atomic E-state index is 13.1. The first-order valence-electron chi connectivity index (χ1n) is 10.6. The lowest BCUT2D eigenvalue weighted by atomic mass is 10.1. The lowest BCUT2D eigenvalue weighted by molar-refractivity contribution is 0.0697. The summed E-state index contributed by atoms with van der Waals surface area (Å²) in [5.74, 6) is -0.411. The van der Waals surface area contributed by atoms with Gasteiger partial charge in [-0.15, -0.1) is 11.3 Å². The first-order valence-corrected chi connectivity index (χ1v) is 12.9. The predicted molar refractivity (Wildman–Crippen MR) is 129 cm³/mol. The highest BCUT2D eigenvalue weighted by molar-refractivity contribution is 7.89. The SMILES string of the molecule is Cc1ccc(S(=O)(=O)N2CCN(C(=O)c3cccc(NC(=O)c4cccs4)c3)CC2)c(C)c1. The number of benzene rings is 2. The van der Waals surface area contributed by atoms with Gasteiger partial charge in [0.1, 0.15) is 0 Å². The van der Waals surface area contributed by atoms with Gasteiger partial charge in [0.2, 0.25) is 10.0 Å². The van der Waals surface area contributed by atoms with E-state index >= 15 is 0 Å². The molecule has 2 amide bonds. The second-order valence-corrected chi connectivity index (χ2v) is 10.8. The van der Waals surface area contributed by atoms with Crippen molar-refractivity contribution in [2.45, 2.75) is 18.7 Å². The summed E-state index contributed by atoms with van der Waals surface area (Å²) in [6.45, 7) is 4.79. The van der Waals surface area contributed by atoms with E-state index in [2.05, 4.69) is 5.32 Å². The summed E-state index contributed by atoms with van der Waals surface area (Å²) in [7, 11) is -3.62. The average molecular weight is 484 g/mol. The van der Waals surface area contributed by atoms with E-state index < -0.39 is 10.0 Å². The smallest absolute Gasteiger partial charge is 0.265 e. The van der Waals surface area contributed by atoms with Crippen LogP contribution in [0.5, 0.6) is 0 Å². The van der Waals surface area contributed by atoms with E-state index in [1.165, 1.54) is 15.6 Å². The molecule has 0 radical (unpaired) electrons. The predicted octanol–water partition coefficient (Wildman–Crippen LogP) is 3.76. The second kappa shape index (κ2) is 9.46. The Morgan fingerprint density at radius 3 is 2.36 bits per heavy atom. The monoisotopic (exact) mass is 483 g/mol. The van der Waals surface area contributed by atoms with Gasteiger partial charge >= 0.3 is 0 Å². The van der Waals surface area contributed by atoms with Crippen LogP contribution in [0.25, 0.3) is 0 Å². The summed E-state index contributed by atoms with van der Waals surface area (Å²) in [4.78, 5) is 27.9. The van der Waals surface area contributed by atoms with E-state index in [-0.39, 0.29) is 24.9 Å². The molecule has 2 aromatic carbocycles. The number of carbonyl (C=O) groups excluding carboxylic acids is 2. The van der Waals surface area contributed by atoms with Crippen molar-refractivity contribution in [1.29, 1.82) is 0 Å². The summed E-state index contributed by atoms with van der Waals surface area (Å²) in [6, 6.07) is 15.6. The largest absolute Gasteiger partial charge is 0.336 e. The number of amides is 2. The topological polar surface area (TPSA) is 86.8 Å². The highest BCUT2D eigenvalue weighted by Gasteiger charge is 2.31. The number of aryl methyl sites for hydroxylation is 2. The normalized spacial score (nSPS) is 14.8. The zero-order valence-corrected chi connectivity index (χ0v) is 20.1. The van der Waals surface area contributed by atoms with Crippen molar-refractivity contribution in [3.05, 3.63) is 81.5 Å². The molecular weight excluding hydrogens is 458 g/mol. The Balaban J connectivity index is 1.42. The maximum atomic E-state index is 13.1. The van der Waals surface area contributed by atoms with Crippen LogP contribution in [0.15, 0.2) is 64.9 Å². The van der Waals surface area contributed by atoms with Gasteiger partial charge in [-0.25, -0.2) is 8.42 Å². The van der Waals surface area contributed by atoms with Crippen molar-refractivity contribution >= 4 is 38.9 Å². The number of piperazine rings is 1. The van der Waals surface area contributed by atoms with E-state index in [4.69, 9.17) is 0 Å². The minimum atomic E-state index is -3.62. The minimum Gasteiger partial charge on any atom is -0.336 e. The lowest BCUT2D eigenvalue weighted by Crippen LogP contribution is -2.50. The number of sulfonamides is 1. The Kier molecular flexibility index (Phi) is 6.64. The van der Waals surface area contributed by atoms with Crippen LogP contribution >= 0.6 is 11.3 Å². The number of anilines is 1. The lowest BCUT2D eigenvalue weighted by Gasteiger charge is -2.34. The minimum absolute atomic E-state index is 0.189. The quantitative estimate of drug-likeness (QED) is 0.599. The Hall–Kier alpha value is -3.01. The molecule has 0 spiro atoms. The Labute approximate surface area is 197 Å². The highest BCUT2D eigenvalue weighted by Crippen LogP contribution is 2.23. The molecule has 0 atom stereocenters. The average Bonchev–Trinajstić information content (AvgIpc) is 3.34. The molecule has 1 aliphatic heterocycles. The van der Waals surface area contributed by atoms with Crippen molar-refractivity contribution < 1.29 is 18.0 Å². The van der Waals surface area contributed by atoms with Crippen LogP contribution in [0.2, 0.25) is 0 Å². The molecule has 7 nitrogen and oxygen atoms in total. The number of carbonyl (C=O) groups is 2. The molecule has 1 fully saturated rings. The van der Waals surface area contributed by atoms with Gasteiger partial charge in [-0.3, -0.25) is 9.59 Å². The molecule has 9 heteroatoms. The van der Waals surface area contributed by atoms with Crippen LogP contribution in [0.1, 0.15) is 31.2 Å². The van der Waals surface area contributed by atoms with Crippen LogP contribution in [-0.2, 0) is 10.0 Å². The third-order valence-corrected chi connectivity index (χ3v) is 8.51. The molecule has 0 saturated carbocycles. The van der Waals surface area contributed by atoms with Crippen molar-refractivity contribution in [3.8, 4) is 0 Å². The molecular formula is C24H25N3O4S2. The molecule has 0 unspecified atom stereocenters. The van der Waals surface area contributed by atoms with Crippen molar-refractivity contribution in [2.75, 3.05) is 31.5 Å². The van der Waals surface area contributed by atoms with Crippen LogP contribution < -0.4 is 5.32 Å². The first-order chi connectivity index (χ1) is 15.8. The molecule has 3 aromatic rings. The van der Waals surface area contributed by atoms with Gasteiger partial charge in [0.15, 0.2) is 0 Å². The number of rotatable bonds is 5. The number of hydrogen-bond acceptors (Lipinski definition) is 5. The van der Waals surface area contributed by atoms with E-state index in [1.807, 2.05) is 18.4 Å². The zero-order chi connectivity index (χ0) is 23.6. The molecule has 4 rings (SSSR count). The fourth-order valence-corrected chi connectivity index (χ4v) is 6.12. The van der Waals surface area contributed by atoms with Gasteiger partial charge in [-0.1, -0.05) is 29.8 Å². The molecule has 1 aromatic heterocycles. The van der Waals surface area contributed by atoms with Crippen LogP contribution in [0.3, 0.4) is 0 Å². The standard InChI is InChI=1S/C24H25N3O4S2/c1-17-8-9-22(18(2)15-17)33(30,31)27-12-10-26(11-13-27)24(29)19-5-3-6-20(16-19)25-23(28)21-7-4-14-32-21/h3-9,14-16H,10-13H2,1-2H3,(H,25,28). The van der Waals surface area contributed by atoms with Crippen molar-refractivity contribution in [1.82, 2.24) is 9.21 Å². The summed E-state index contributed by atoms with van der Waals surface area (Å²) in [5, 5.41) is 4.64. The fourth-order valence-electron chi connectivity index (χ4n) is 3.87. The van der Waals surface area contributed by atoms with Gasteiger partial charge < -0.3 is 10.2 Å². The van der Waals surface area contributed by atoms with E-state index in [9.17, 15) is 18.0 Å². The first kappa shape index (κ1) is 23.2. The summed E-state index contributed by atoms with van der Waals surface area (Å²) < 4.78 is 27.6. The molecule has 2 heterocycles. The van der Waals surface area contributed by atoms with E-state index in [1.54, 1.807) is 60.4 Å². The second-order valence-electron chi connectivity index (χ2n) is 7.98. The van der Waals surface area contributed by atoms with Gasteiger partial charge in [-0.05, 0) is 55.1 Å². The molecule has 33 heavy (non-hydrogen) atoms. The Morgan fingerprint density at radius 1 is 0.939 bits per heavy atom. The van der Waals surface area contributed by atoms with Gasteiger partial charge in [0.25, 0.3) is 11.8 Å². The Morgan fingerprint density at radius 2 is 1.70 bits per heavy atom. The molecule has 1 aliphatic rings. The molecule has 0 aliphatic carbocycles. The van der Waals surface area contributed by atoms with Gasteiger partial charge in [-0.2, -0.15) is 4.31 Å². The molecule has 1 N–H and O–H groups in total. The summed E-state index contributed by atoms with van der Waals surface area (Å²) in [6.07, 6.45) is 0. The van der Waals surface area contributed by atoms with Gasteiger partial charge in [0, 0.05) is 37.4 Å².